The van der Waals surface area contributed by atoms with Crippen molar-refractivity contribution in [2.45, 2.75) is 0 Å². The van der Waals surface area contributed by atoms with Crippen molar-refractivity contribution in [2.24, 2.45) is 0 Å². The number of carbonyl (C=O) groups excluding carboxylic acids is 2. The van der Waals surface area contributed by atoms with Crippen molar-refractivity contribution < 1.29 is 24.6 Å². The summed E-state index contributed by atoms with van der Waals surface area (Å²) in [4.78, 5) is 35.9. The predicted molar refractivity (Wildman–Crippen MR) is 68.6 cm³/mol. The Morgan fingerprint density at radius 2 is 1.70 bits per heavy atom. The van der Waals surface area contributed by atoms with Crippen LogP contribution in [-0.2, 0) is 4.79 Å². The maximum atomic E-state index is 12.2. The van der Waals surface area contributed by atoms with Gasteiger partial charge in [-0.25, -0.2) is 0 Å². The van der Waals surface area contributed by atoms with Crippen molar-refractivity contribution >= 4 is 28.6 Å². The summed E-state index contributed by atoms with van der Waals surface area (Å²) in [5, 5.41) is 19.4. The number of phenolic OH excluding ortho intramolecular Hbond substituents is 1. The standard InChI is InChI=1S/C14H9NO5/c16-10-5-4-9-12-7(10)2-1-3-8(12)13(19)15(14(9)20)6-11(17)18/h1-5,16H,6H2,(H,17,18). The number of nitrogens with zero attached hydrogens (tertiary/aromatic N) is 1. The van der Waals surface area contributed by atoms with E-state index in [1.807, 2.05) is 0 Å². The number of carboxylic acids is 1. The number of rotatable bonds is 2. The van der Waals surface area contributed by atoms with Crippen LogP contribution in [0.4, 0.5) is 0 Å². The Kier molecular flexibility index (Phi) is 2.47. The number of hydrogen-bond donors (Lipinski definition) is 2. The molecule has 0 spiro atoms. The van der Waals surface area contributed by atoms with Gasteiger partial charge in [-0.2, -0.15) is 0 Å². The highest BCUT2D eigenvalue weighted by molar-refractivity contribution is 6.26. The summed E-state index contributed by atoms with van der Waals surface area (Å²) in [5.41, 5.74) is 0.434. The molecular formula is C14H9NO5. The van der Waals surface area contributed by atoms with Gasteiger partial charge in [-0.05, 0) is 18.2 Å². The smallest absolute Gasteiger partial charge is 0.323 e. The van der Waals surface area contributed by atoms with E-state index in [0.717, 1.165) is 0 Å². The van der Waals surface area contributed by atoms with Gasteiger partial charge < -0.3 is 10.2 Å². The topological polar surface area (TPSA) is 94.9 Å². The molecule has 0 aliphatic carbocycles. The van der Waals surface area contributed by atoms with Gasteiger partial charge in [0.2, 0.25) is 0 Å². The van der Waals surface area contributed by atoms with E-state index in [4.69, 9.17) is 5.11 Å². The van der Waals surface area contributed by atoms with Gasteiger partial charge in [-0.1, -0.05) is 12.1 Å². The van der Waals surface area contributed by atoms with Crippen molar-refractivity contribution in [3.8, 4) is 5.75 Å². The van der Waals surface area contributed by atoms with Crippen molar-refractivity contribution in [1.82, 2.24) is 4.90 Å². The van der Waals surface area contributed by atoms with Crippen LogP contribution in [0.15, 0.2) is 30.3 Å². The molecule has 0 saturated carbocycles. The third-order valence-corrected chi connectivity index (χ3v) is 3.26. The Morgan fingerprint density at radius 3 is 2.35 bits per heavy atom. The molecule has 1 heterocycles. The molecule has 0 saturated heterocycles. The maximum Gasteiger partial charge on any atom is 0.323 e. The number of aromatic hydroxyl groups is 1. The van der Waals surface area contributed by atoms with E-state index < -0.39 is 24.3 Å². The summed E-state index contributed by atoms with van der Waals surface area (Å²) in [5.74, 6) is -2.62. The fourth-order valence-electron chi connectivity index (χ4n) is 2.41. The summed E-state index contributed by atoms with van der Waals surface area (Å²) in [6.07, 6.45) is 0. The van der Waals surface area contributed by atoms with E-state index >= 15 is 0 Å². The van der Waals surface area contributed by atoms with Crippen LogP contribution in [0.2, 0.25) is 0 Å². The second-order valence-corrected chi connectivity index (χ2v) is 4.45. The number of phenols is 1. The number of imide groups is 1. The Hall–Kier alpha value is -2.89. The van der Waals surface area contributed by atoms with Crippen molar-refractivity contribution in [2.75, 3.05) is 6.54 Å². The number of benzene rings is 2. The minimum Gasteiger partial charge on any atom is -0.507 e. The molecule has 0 bridgehead atoms. The van der Waals surface area contributed by atoms with Crippen LogP contribution in [0.25, 0.3) is 10.8 Å². The van der Waals surface area contributed by atoms with Crippen LogP contribution in [-0.4, -0.2) is 39.4 Å². The first-order valence-corrected chi connectivity index (χ1v) is 5.83. The zero-order valence-corrected chi connectivity index (χ0v) is 10.2. The minimum atomic E-state index is -1.26. The van der Waals surface area contributed by atoms with Gasteiger partial charge in [0.15, 0.2) is 0 Å². The number of carboxylic acid groups (broad SMARTS) is 1. The van der Waals surface area contributed by atoms with Crippen LogP contribution in [0.5, 0.6) is 5.75 Å². The van der Waals surface area contributed by atoms with Gasteiger partial charge in [0.05, 0.1) is 0 Å². The predicted octanol–water partition coefficient (Wildman–Crippen LogP) is 1.23. The Balaban J connectivity index is 2.31. The van der Waals surface area contributed by atoms with Crippen LogP contribution in [0, 0.1) is 0 Å². The third-order valence-electron chi connectivity index (χ3n) is 3.26. The largest absolute Gasteiger partial charge is 0.507 e. The molecule has 0 radical (unpaired) electrons. The molecule has 2 amide bonds. The van der Waals surface area contributed by atoms with Crippen LogP contribution < -0.4 is 0 Å². The van der Waals surface area contributed by atoms with Crippen LogP contribution in [0.3, 0.4) is 0 Å². The number of aliphatic carboxylic acids is 1. The molecular weight excluding hydrogens is 262 g/mol. The lowest BCUT2D eigenvalue weighted by Crippen LogP contribution is -2.43. The van der Waals surface area contributed by atoms with E-state index in [1.165, 1.54) is 18.2 Å². The fraction of sp³-hybridized carbons (Fsp3) is 0.0714. The number of amides is 2. The van der Waals surface area contributed by atoms with Gasteiger partial charge in [0, 0.05) is 21.9 Å². The van der Waals surface area contributed by atoms with Gasteiger partial charge >= 0.3 is 5.97 Å². The number of hydrogen-bond acceptors (Lipinski definition) is 4. The molecule has 6 heteroatoms. The van der Waals surface area contributed by atoms with Gasteiger partial charge in [0.1, 0.15) is 12.3 Å². The normalized spacial score (nSPS) is 13.9. The monoisotopic (exact) mass is 271 g/mol. The first-order chi connectivity index (χ1) is 9.50. The minimum absolute atomic E-state index is 0.0297. The summed E-state index contributed by atoms with van der Waals surface area (Å²) >= 11 is 0. The molecule has 2 aromatic carbocycles. The summed E-state index contributed by atoms with van der Waals surface area (Å²) < 4.78 is 0. The van der Waals surface area contributed by atoms with Crippen LogP contribution >= 0.6 is 0 Å². The lowest BCUT2D eigenvalue weighted by Gasteiger charge is -2.25. The zero-order valence-electron chi connectivity index (χ0n) is 10.2. The first-order valence-electron chi connectivity index (χ1n) is 5.83. The molecule has 1 aliphatic rings. The van der Waals surface area contributed by atoms with Crippen molar-refractivity contribution in [3.63, 3.8) is 0 Å². The highest BCUT2D eigenvalue weighted by atomic mass is 16.4. The molecule has 2 N–H and O–H groups in total. The zero-order chi connectivity index (χ0) is 14.4. The lowest BCUT2D eigenvalue weighted by molar-refractivity contribution is -0.137. The van der Waals surface area contributed by atoms with Crippen molar-refractivity contribution in [1.29, 1.82) is 0 Å². The van der Waals surface area contributed by atoms with Gasteiger partial charge in [0.25, 0.3) is 11.8 Å². The molecule has 6 nitrogen and oxygen atoms in total. The van der Waals surface area contributed by atoms with E-state index in [9.17, 15) is 19.5 Å². The summed E-state index contributed by atoms with van der Waals surface area (Å²) in [6.45, 7) is -0.686. The average Bonchev–Trinajstić information content (AvgIpc) is 2.42. The van der Waals surface area contributed by atoms with Crippen LogP contribution in [0.1, 0.15) is 20.7 Å². The summed E-state index contributed by atoms with van der Waals surface area (Å²) in [7, 11) is 0. The SMILES string of the molecule is O=C(O)CN1C(=O)c2cccc3c(O)ccc(c23)C1=O. The molecule has 100 valence electrons. The lowest BCUT2D eigenvalue weighted by atomic mass is 9.93. The molecule has 0 atom stereocenters. The number of carbonyl (C=O) groups is 3. The summed E-state index contributed by atoms with van der Waals surface area (Å²) in [6, 6.07) is 7.44. The third kappa shape index (κ3) is 1.55. The Labute approximate surface area is 112 Å². The van der Waals surface area contributed by atoms with E-state index in [2.05, 4.69) is 0 Å². The molecule has 2 aromatic rings. The molecule has 0 fully saturated rings. The fourth-order valence-corrected chi connectivity index (χ4v) is 2.41. The Morgan fingerprint density at radius 1 is 1.05 bits per heavy atom. The molecule has 0 unspecified atom stereocenters. The quantitative estimate of drug-likeness (QED) is 0.801. The van der Waals surface area contributed by atoms with Gasteiger partial charge in [-0.3, -0.25) is 19.3 Å². The molecule has 1 aliphatic heterocycles. The Bertz CT molecular complexity index is 758. The van der Waals surface area contributed by atoms with E-state index in [1.54, 1.807) is 12.1 Å². The maximum absolute atomic E-state index is 12.2. The van der Waals surface area contributed by atoms with E-state index in [0.29, 0.717) is 15.7 Å². The van der Waals surface area contributed by atoms with E-state index in [-0.39, 0.29) is 16.9 Å². The molecule has 3 rings (SSSR count). The average molecular weight is 271 g/mol. The molecule has 0 aromatic heterocycles. The molecule has 20 heavy (non-hydrogen) atoms. The van der Waals surface area contributed by atoms with Gasteiger partial charge in [-0.15, -0.1) is 0 Å². The highest BCUT2D eigenvalue weighted by Gasteiger charge is 2.34. The second-order valence-electron chi connectivity index (χ2n) is 4.45. The second kappa shape index (κ2) is 4.06. The highest BCUT2D eigenvalue weighted by Crippen LogP contribution is 2.34. The van der Waals surface area contributed by atoms with Crippen molar-refractivity contribution in [3.05, 3.63) is 41.5 Å². The first kappa shape index (κ1) is 12.2.